The molecule has 1 aromatic heterocycles. The zero-order valence-corrected chi connectivity index (χ0v) is 20.1. The predicted octanol–water partition coefficient (Wildman–Crippen LogP) is 4.36. The van der Waals surface area contributed by atoms with Crippen LogP contribution in [0.15, 0.2) is 36.4 Å². The van der Waals surface area contributed by atoms with Crippen LogP contribution in [0.3, 0.4) is 0 Å². The van der Waals surface area contributed by atoms with Crippen molar-refractivity contribution < 1.29 is 18.5 Å². The zero-order valence-electron chi connectivity index (χ0n) is 19.3. The van der Waals surface area contributed by atoms with Crippen LogP contribution in [0.1, 0.15) is 23.2 Å². The molecule has 1 N–H and O–H groups in total. The number of benzene rings is 1. The first-order valence-corrected chi connectivity index (χ1v) is 14.0. The van der Waals surface area contributed by atoms with Crippen LogP contribution >= 0.6 is 10.0 Å². The summed E-state index contributed by atoms with van der Waals surface area (Å²) in [6, 6.07) is 9.35. The number of aromatic nitrogens is 1. The minimum atomic E-state index is -2.65. The summed E-state index contributed by atoms with van der Waals surface area (Å²) in [6.45, 7) is 1.85. The molecule has 2 aromatic rings. The number of carbonyl (C=O) groups excluding carboxylic acids is 1. The number of amides is 1. The second-order valence-corrected chi connectivity index (χ2v) is 13.6. The summed E-state index contributed by atoms with van der Waals surface area (Å²) >= 11 is 0. The lowest BCUT2D eigenvalue weighted by atomic mass is 10.1. The molecule has 0 saturated carbocycles. The van der Waals surface area contributed by atoms with E-state index in [0.717, 1.165) is 24.6 Å². The van der Waals surface area contributed by atoms with Crippen molar-refractivity contribution in [3.05, 3.63) is 52.1 Å². The summed E-state index contributed by atoms with van der Waals surface area (Å²) in [4.78, 5) is 32.4. The number of alkyl halides is 2. The third kappa shape index (κ3) is 5.57. The molecule has 0 unspecified atom stereocenters. The first-order valence-electron chi connectivity index (χ1n) is 11.2. The van der Waals surface area contributed by atoms with Crippen molar-refractivity contribution in [3.63, 3.8) is 0 Å². The van der Waals surface area contributed by atoms with E-state index in [0.29, 0.717) is 22.9 Å². The number of piperidine rings is 1. The molecular formula is C23H29F2N5O3S. The van der Waals surface area contributed by atoms with Crippen LogP contribution in [0.5, 0.6) is 0 Å². The van der Waals surface area contributed by atoms with Gasteiger partial charge in [-0.15, -0.1) is 0 Å². The smallest absolute Gasteiger partial charge is 0.271 e. The van der Waals surface area contributed by atoms with E-state index in [1.807, 2.05) is 4.90 Å². The lowest BCUT2D eigenvalue weighted by Crippen LogP contribution is -2.39. The van der Waals surface area contributed by atoms with Gasteiger partial charge in [0.25, 0.3) is 17.5 Å². The van der Waals surface area contributed by atoms with Gasteiger partial charge in [-0.25, -0.2) is 23.8 Å². The Hall–Kier alpha value is -2.95. The van der Waals surface area contributed by atoms with Crippen LogP contribution in [0.4, 0.5) is 31.8 Å². The monoisotopic (exact) mass is 493 g/mol. The molecule has 184 valence electrons. The molecule has 0 radical (unpaired) electrons. The highest BCUT2D eigenvalue weighted by molar-refractivity contribution is 8.32. The number of nitro benzene ring substituents is 1. The van der Waals surface area contributed by atoms with Gasteiger partial charge in [0.05, 0.1) is 16.2 Å². The fourth-order valence-electron chi connectivity index (χ4n) is 4.17. The van der Waals surface area contributed by atoms with Gasteiger partial charge in [-0.05, 0) is 42.2 Å². The molecule has 11 heteroatoms. The Morgan fingerprint density at radius 1 is 1.09 bits per heavy atom. The first kappa shape index (κ1) is 24.2. The molecule has 0 spiro atoms. The van der Waals surface area contributed by atoms with Crippen molar-refractivity contribution in [2.24, 2.45) is 0 Å². The molecule has 1 aromatic carbocycles. The number of pyridine rings is 1. The number of nitrogens with zero attached hydrogens (tertiary/aromatic N) is 4. The van der Waals surface area contributed by atoms with E-state index in [9.17, 15) is 23.7 Å². The van der Waals surface area contributed by atoms with Crippen LogP contribution in [0.25, 0.3) is 0 Å². The molecule has 2 fully saturated rings. The van der Waals surface area contributed by atoms with Crippen LogP contribution in [-0.4, -0.2) is 71.9 Å². The number of rotatable bonds is 5. The maximum Gasteiger partial charge on any atom is 0.271 e. The highest BCUT2D eigenvalue weighted by atomic mass is 32.3. The number of carbonyl (C=O) groups is 1. The normalized spacial score (nSPS) is 20.5. The molecule has 34 heavy (non-hydrogen) atoms. The lowest BCUT2D eigenvalue weighted by molar-refractivity contribution is -0.384. The standard InChI is InChI=1S/C23H29F2N5O3S/c1-34(2)14-12-28(13-15-34)19-16-17(30(32)33)6-7-18(19)22(31)27-20-4-3-5-21(26-20)29-10-8-23(24,25)9-11-29/h3-7,16H,8-15H2,1-2H3,(H,26,27,31). The second-order valence-electron chi connectivity index (χ2n) is 9.30. The summed E-state index contributed by atoms with van der Waals surface area (Å²) in [5.74, 6) is -0.256. The van der Waals surface area contributed by atoms with Crippen molar-refractivity contribution in [2.45, 2.75) is 18.8 Å². The average molecular weight is 494 g/mol. The van der Waals surface area contributed by atoms with Crippen LogP contribution in [-0.2, 0) is 0 Å². The maximum absolute atomic E-state index is 13.5. The van der Waals surface area contributed by atoms with E-state index < -0.39 is 26.8 Å². The zero-order chi connectivity index (χ0) is 24.5. The molecule has 2 saturated heterocycles. The highest BCUT2D eigenvalue weighted by Gasteiger charge is 2.34. The number of hydrogen-bond donors (Lipinski definition) is 1. The molecule has 0 bridgehead atoms. The largest absolute Gasteiger partial charge is 0.369 e. The molecule has 2 aliphatic heterocycles. The van der Waals surface area contributed by atoms with E-state index in [2.05, 4.69) is 22.8 Å². The van der Waals surface area contributed by atoms with Gasteiger partial charge in [0, 0.05) is 51.2 Å². The highest BCUT2D eigenvalue weighted by Crippen LogP contribution is 2.43. The number of nitrogens with one attached hydrogen (secondary N) is 1. The summed E-state index contributed by atoms with van der Waals surface area (Å²) in [5.41, 5.74) is 0.812. The number of halogens is 2. The number of hydrogen-bond acceptors (Lipinski definition) is 6. The van der Waals surface area contributed by atoms with Gasteiger partial charge in [-0.2, -0.15) is 0 Å². The molecular weight excluding hydrogens is 464 g/mol. The van der Waals surface area contributed by atoms with Crippen molar-refractivity contribution in [3.8, 4) is 0 Å². The molecule has 1 amide bonds. The van der Waals surface area contributed by atoms with E-state index in [1.54, 1.807) is 23.1 Å². The number of non-ortho nitro benzene ring substituents is 1. The minimum Gasteiger partial charge on any atom is -0.369 e. The Morgan fingerprint density at radius 2 is 1.76 bits per heavy atom. The predicted molar refractivity (Wildman–Crippen MR) is 133 cm³/mol. The van der Waals surface area contributed by atoms with Gasteiger partial charge < -0.3 is 15.1 Å². The molecule has 3 heterocycles. The van der Waals surface area contributed by atoms with E-state index >= 15 is 0 Å². The van der Waals surface area contributed by atoms with Crippen LogP contribution < -0.4 is 15.1 Å². The van der Waals surface area contributed by atoms with Crippen molar-refractivity contribution >= 4 is 38.9 Å². The SMILES string of the molecule is CS1(C)CCN(c2cc([N+](=O)[O-])ccc2C(=O)Nc2cccc(N3CCC(F)(F)CC3)n2)CC1. The Kier molecular flexibility index (Phi) is 6.66. The molecule has 0 atom stereocenters. The van der Waals surface area contributed by atoms with Gasteiger partial charge in [0.15, 0.2) is 0 Å². The van der Waals surface area contributed by atoms with Crippen LogP contribution in [0, 0.1) is 10.1 Å². The lowest BCUT2D eigenvalue weighted by Gasteiger charge is -2.42. The molecule has 2 aliphatic rings. The topological polar surface area (TPSA) is 91.6 Å². The van der Waals surface area contributed by atoms with Crippen LogP contribution in [0.2, 0.25) is 0 Å². The van der Waals surface area contributed by atoms with Crippen molar-refractivity contribution in [1.29, 1.82) is 0 Å². The summed E-state index contributed by atoms with van der Waals surface area (Å²) < 4.78 is 27.0. The fourth-order valence-corrected chi connectivity index (χ4v) is 5.81. The first-order chi connectivity index (χ1) is 16.0. The van der Waals surface area contributed by atoms with Crippen molar-refractivity contribution in [1.82, 2.24) is 4.98 Å². The number of anilines is 3. The quantitative estimate of drug-likeness (QED) is 0.492. The summed E-state index contributed by atoms with van der Waals surface area (Å²) in [6.07, 6.45) is 4.08. The summed E-state index contributed by atoms with van der Waals surface area (Å²) in [7, 11) is -0.692. The molecule has 4 rings (SSSR count). The Balaban J connectivity index is 1.55. The Labute approximate surface area is 198 Å². The summed E-state index contributed by atoms with van der Waals surface area (Å²) in [5, 5.41) is 14.2. The van der Waals surface area contributed by atoms with Gasteiger partial charge in [-0.3, -0.25) is 14.9 Å². The van der Waals surface area contributed by atoms with Gasteiger partial charge in [-0.1, -0.05) is 6.07 Å². The van der Waals surface area contributed by atoms with Gasteiger partial charge in [0.2, 0.25) is 0 Å². The third-order valence-electron chi connectivity index (χ3n) is 6.40. The third-order valence-corrected chi connectivity index (χ3v) is 8.98. The maximum atomic E-state index is 13.5. The van der Waals surface area contributed by atoms with Gasteiger partial charge >= 0.3 is 0 Å². The molecule has 8 nitrogen and oxygen atoms in total. The van der Waals surface area contributed by atoms with E-state index in [-0.39, 0.29) is 31.6 Å². The van der Waals surface area contributed by atoms with E-state index in [4.69, 9.17) is 0 Å². The average Bonchev–Trinajstić information content (AvgIpc) is 2.79. The minimum absolute atomic E-state index is 0.0641. The molecule has 0 aliphatic carbocycles. The Bertz CT molecular complexity index is 1080. The number of nitro groups is 1. The van der Waals surface area contributed by atoms with E-state index in [1.165, 1.54) is 18.2 Å². The Morgan fingerprint density at radius 3 is 2.41 bits per heavy atom. The van der Waals surface area contributed by atoms with Crippen molar-refractivity contribution in [2.75, 3.05) is 65.3 Å². The fraction of sp³-hybridized carbons (Fsp3) is 0.478. The van der Waals surface area contributed by atoms with Gasteiger partial charge in [0.1, 0.15) is 11.6 Å². The second kappa shape index (κ2) is 9.36.